The van der Waals surface area contributed by atoms with Gasteiger partial charge in [-0.15, -0.1) is 0 Å². The van der Waals surface area contributed by atoms with Gasteiger partial charge in [-0.1, -0.05) is 0 Å². The molecule has 1 N–H and O–H groups in total. The number of aliphatic hydroxyl groups excluding tert-OH is 1. The third-order valence-corrected chi connectivity index (χ3v) is 3.74. The number of piperidine rings is 1. The number of esters is 1. The van der Waals surface area contributed by atoms with Gasteiger partial charge >= 0.3 is 5.97 Å². The highest BCUT2D eigenvalue weighted by molar-refractivity contribution is 5.79. The zero-order chi connectivity index (χ0) is 15.2. The molecule has 0 aliphatic carbocycles. The molecule has 1 unspecified atom stereocenters. The van der Waals surface area contributed by atoms with Crippen LogP contribution in [0.5, 0.6) is 5.75 Å². The van der Waals surface area contributed by atoms with Gasteiger partial charge in [-0.3, -0.25) is 0 Å². The minimum atomic E-state index is -1.28. The Hall–Kier alpha value is -1.75. The number of ether oxygens (including phenoxy) is 2. The number of hydrogen-bond acceptors (Lipinski definition) is 5. The molecule has 0 bridgehead atoms. The van der Waals surface area contributed by atoms with E-state index in [0.29, 0.717) is 11.3 Å². The molecule has 5 heteroatoms. The number of nitrogens with zero attached hydrogens (tertiary/aromatic N) is 1. The number of aliphatic hydroxyl groups is 1. The number of methoxy groups -OCH3 is 1. The molecule has 0 aromatic heterocycles. The Bertz CT molecular complexity index is 483. The topological polar surface area (TPSA) is 59.0 Å². The second-order valence-electron chi connectivity index (χ2n) is 5.13. The first-order valence-corrected chi connectivity index (χ1v) is 7.45. The van der Waals surface area contributed by atoms with Gasteiger partial charge in [0.2, 0.25) is 0 Å². The molecule has 0 radical (unpaired) electrons. The molecule has 1 fully saturated rings. The van der Waals surface area contributed by atoms with Gasteiger partial charge in [0.1, 0.15) is 5.75 Å². The predicted molar refractivity (Wildman–Crippen MR) is 80.7 cm³/mol. The maximum absolute atomic E-state index is 11.8. The van der Waals surface area contributed by atoms with Gasteiger partial charge in [-0.05, 0) is 44.4 Å². The molecule has 1 aromatic carbocycles. The molecule has 21 heavy (non-hydrogen) atoms. The Morgan fingerprint density at radius 1 is 1.33 bits per heavy atom. The molecule has 0 amide bonds. The first kappa shape index (κ1) is 15.6. The van der Waals surface area contributed by atoms with Crippen molar-refractivity contribution in [3.05, 3.63) is 23.8 Å². The minimum Gasteiger partial charge on any atom is -0.497 e. The van der Waals surface area contributed by atoms with Crippen molar-refractivity contribution in [1.29, 1.82) is 0 Å². The van der Waals surface area contributed by atoms with Gasteiger partial charge in [-0.2, -0.15) is 0 Å². The Kier molecular flexibility index (Phi) is 5.44. The van der Waals surface area contributed by atoms with Crippen molar-refractivity contribution in [3.63, 3.8) is 0 Å². The van der Waals surface area contributed by atoms with Crippen LogP contribution in [0.4, 0.5) is 5.69 Å². The minimum absolute atomic E-state index is 0.249. The van der Waals surface area contributed by atoms with E-state index < -0.39 is 12.1 Å². The summed E-state index contributed by atoms with van der Waals surface area (Å²) in [6.07, 6.45) is 2.20. The molecular formula is C16H23NO4. The summed E-state index contributed by atoms with van der Waals surface area (Å²) >= 11 is 0. The lowest BCUT2D eigenvalue weighted by molar-refractivity contribution is -0.153. The second-order valence-corrected chi connectivity index (χ2v) is 5.13. The Labute approximate surface area is 125 Å². The quantitative estimate of drug-likeness (QED) is 0.844. The van der Waals surface area contributed by atoms with Gasteiger partial charge in [0.15, 0.2) is 6.10 Å². The zero-order valence-electron chi connectivity index (χ0n) is 12.7. The summed E-state index contributed by atoms with van der Waals surface area (Å²) in [4.78, 5) is 14.1. The van der Waals surface area contributed by atoms with E-state index in [-0.39, 0.29) is 6.61 Å². The van der Waals surface area contributed by atoms with E-state index in [9.17, 15) is 9.90 Å². The second kappa shape index (κ2) is 7.31. The fourth-order valence-corrected chi connectivity index (χ4v) is 2.65. The van der Waals surface area contributed by atoms with Crippen LogP contribution in [-0.2, 0) is 9.53 Å². The lowest BCUT2D eigenvalue weighted by Gasteiger charge is -2.31. The lowest BCUT2D eigenvalue weighted by atomic mass is 10.0. The first-order valence-electron chi connectivity index (χ1n) is 7.45. The molecule has 1 aliphatic rings. The van der Waals surface area contributed by atoms with Crippen LogP contribution in [0.15, 0.2) is 18.2 Å². The predicted octanol–water partition coefficient (Wildman–Crippen LogP) is 2.28. The highest BCUT2D eigenvalue weighted by Crippen LogP contribution is 2.32. The fourth-order valence-electron chi connectivity index (χ4n) is 2.65. The largest absolute Gasteiger partial charge is 0.497 e. The lowest BCUT2D eigenvalue weighted by Crippen LogP contribution is -2.31. The summed E-state index contributed by atoms with van der Waals surface area (Å²) in [7, 11) is 1.57. The summed E-state index contributed by atoms with van der Waals surface area (Å²) in [6.45, 7) is 3.85. The molecule has 1 heterocycles. The van der Waals surface area contributed by atoms with Crippen molar-refractivity contribution in [2.24, 2.45) is 0 Å². The van der Waals surface area contributed by atoms with Gasteiger partial charge in [0.25, 0.3) is 0 Å². The van der Waals surface area contributed by atoms with Crippen LogP contribution < -0.4 is 9.64 Å². The van der Waals surface area contributed by atoms with Crippen LogP contribution in [0.2, 0.25) is 0 Å². The van der Waals surface area contributed by atoms with Gasteiger partial charge in [0.05, 0.1) is 13.7 Å². The van der Waals surface area contributed by atoms with Crippen molar-refractivity contribution in [1.82, 2.24) is 0 Å². The van der Waals surface area contributed by atoms with E-state index in [1.165, 1.54) is 6.42 Å². The van der Waals surface area contributed by atoms with E-state index in [2.05, 4.69) is 4.90 Å². The highest BCUT2D eigenvalue weighted by atomic mass is 16.5. The summed E-state index contributed by atoms with van der Waals surface area (Å²) in [5.41, 5.74) is 1.44. The van der Waals surface area contributed by atoms with E-state index in [4.69, 9.17) is 9.47 Å². The third-order valence-electron chi connectivity index (χ3n) is 3.74. The summed E-state index contributed by atoms with van der Waals surface area (Å²) in [5.74, 6) is -0.00174. The van der Waals surface area contributed by atoms with Gasteiger partial charge in [0, 0.05) is 24.3 Å². The summed E-state index contributed by atoms with van der Waals surface area (Å²) in [5, 5.41) is 10.3. The van der Waals surface area contributed by atoms with Crippen molar-refractivity contribution in [2.75, 3.05) is 31.7 Å². The first-order chi connectivity index (χ1) is 10.2. The molecular weight excluding hydrogens is 270 g/mol. The van der Waals surface area contributed by atoms with E-state index in [1.54, 1.807) is 20.1 Å². The number of carbonyl (C=O) groups excluding carboxylic acids is 1. The highest BCUT2D eigenvalue weighted by Gasteiger charge is 2.25. The number of hydrogen-bond donors (Lipinski definition) is 1. The van der Waals surface area contributed by atoms with Crippen LogP contribution >= 0.6 is 0 Å². The van der Waals surface area contributed by atoms with Gasteiger partial charge in [-0.25, -0.2) is 4.79 Å². The maximum atomic E-state index is 11.8. The SMILES string of the molecule is CCOC(=O)C(O)c1cc(OC)ccc1N1CCCCC1. The van der Waals surface area contributed by atoms with Gasteiger partial charge < -0.3 is 19.5 Å². The summed E-state index contributed by atoms with van der Waals surface area (Å²) < 4.78 is 10.1. The van der Waals surface area contributed by atoms with E-state index >= 15 is 0 Å². The van der Waals surface area contributed by atoms with Crippen molar-refractivity contribution in [3.8, 4) is 5.75 Å². The smallest absolute Gasteiger partial charge is 0.339 e. The van der Waals surface area contributed by atoms with E-state index in [0.717, 1.165) is 31.6 Å². The molecule has 116 valence electrons. The van der Waals surface area contributed by atoms with Crippen molar-refractivity contribution < 1.29 is 19.4 Å². The van der Waals surface area contributed by atoms with Crippen LogP contribution in [0.3, 0.4) is 0 Å². The molecule has 2 rings (SSSR count). The maximum Gasteiger partial charge on any atom is 0.339 e. The van der Waals surface area contributed by atoms with Crippen LogP contribution in [0, 0.1) is 0 Å². The normalized spacial score (nSPS) is 16.4. The number of carbonyl (C=O) groups is 1. The van der Waals surface area contributed by atoms with Crippen molar-refractivity contribution >= 4 is 11.7 Å². The number of rotatable bonds is 5. The molecule has 5 nitrogen and oxygen atoms in total. The van der Waals surface area contributed by atoms with E-state index in [1.807, 2.05) is 12.1 Å². The third kappa shape index (κ3) is 3.67. The molecule has 1 aromatic rings. The Morgan fingerprint density at radius 2 is 2.05 bits per heavy atom. The van der Waals surface area contributed by atoms with Crippen LogP contribution in [-0.4, -0.2) is 37.9 Å². The molecule has 1 aliphatic heterocycles. The Balaban J connectivity index is 2.32. The Morgan fingerprint density at radius 3 is 2.67 bits per heavy atom. The fraction of sp³-hybridized carbons (Fsp3) is 0.562. The van der Waals surface area contributed by atoms with Crippen LogP contribution in [0.1, 0.15) is 37.9 Å². The number of benzene rings is 1. The average molecular weight is 293 g/mol. The average Bonchev–Trinajstić information content (AvgIpc) is 2.54. The molecule has 1 atom stereocenters. The monoisotopic (exact) mass is 293 g/mol. The summed E-state index contributed by atoms with van der Waals surface area (Å²) in [6, 6.07) is 5.47. The van der Waals surface area contributed by atoms with Crippen molar-refractivity contribution in [2.45, 2.75) is 32.3 Å². The molecule has 0 spiro atoms. The standard InChI is InChI=1S/C16H23NO4/c1-3-21-16(19)15(18)13-11-12(20-2)7-8-14(13)17-9-5-4-6-10-17/h7-8,11,15,18H,3-6,9-10H2,1-2H3. The molecule has 1 saturated heterocycles. The molecule has 0 saturated carbocycles. The van der Waals surface area contributed by atoms with Crippen LogP contribution in [0.25, 0.3) is 0 Å². The number of anilines is 1. The zero-order valence-corrected chi connectivity index (χ0v) is 12.7.